The predicted octanol–water partition coefficient (Wildman–Crippen LogP) is 9.49. The van der Waals surface area contributed by atoms with E-state index in [2.05, 4.69) is 29.8 Å². The van der Waals surface area contributed by atoms with Gasteiger partial charge >= 0.3 is 0 Å². The first-order chi connectivity index (χ1) is 20.5. The maximum absolute atomic E-state index is 4.99. The third-order valence-corrected chi connectivity index (χ3v) is 21.9. The molecule has 4 heteroatoms. The van der Waals surface area contributed by atoms with Gasteiger partial charge in [0, 0.05) is 26.2 Å². The van der Waals surface area contributed by atoms with Gasteiger partial charge in [0.25, 0.3) is 0 Å². The summed E-state index contributed by atoms with van der Waals surface area (Å²) in [4.78, 5) is 0. The lowest BCUT2D eigenvalue weighted by Gasteiger charge is -2.43. The molecule has 232 valence electrons. The van der Waals surface area contributed by atoms with E-state index in [1.54, 1.807) is 70.6 Å². The number of rotatable bonds is 3. The Morgan fingerprint density at radius 2 is 1.07 bits per heavy atom. The average Bonchev–Trinajstić information content (AvgIpc) is 3.78. The Labute approximate surface area is 276 Å². The first kappa shape index (κ1) is 27.4. The van der Waals surface area contributed by atoms with E-state index < -0.39 is 0 Å². The lowest BCUT2D eigenvalue weighted by Crippen LogP contribution is -2.39. The van der Waals surface area contributed by atoms with Gasteiger partial charge in [0.1, 0.15) is 0 Å². The molecule has 12 fully saturated rings. The number of fused-ring (bicyclic) bond motifs is 26. The van der Waals surface area contributed by atoms with Crippen molar-refractivity contribution in [3.63, 3.8) is 0 Å². The Morgan fingerprint density at radius 3 is 1.71 bits per heavy atom. The van der Waals surface area contributed by atoms with E-state index in [4.69, 9.17) is 25.3 Å². The molecular formula is C38H56S4. The fraction of sp³-hybridized carbons (Fsp3) is 1.00. The zero-order valence-electron chi connectivity index (χ0n) is 25.9. The summed E-state index contributed by atoms with van der Waals surface area (Å²) >= 11 is 14.5. The lowest BCUT2D eigenvalue weighted by atomic mass is 9.64. The Bertz CT molecular complexity index is 1110. The SMILES string of the molecule is CSC1CC2CC1C1C3CC(C4CC(S)CC43)C21.SC1CC2CC1C1C3CC(C4CC(SC5CC6CCC5C6)CC43)C21. The molecule has 10 bridgehead atoms. The van der Waals surface area contributed by atoms with Crippen LogP contribution in [-0.4, -0.2) is 32.5 Å². The molecule has 42 heavy (non-hydrogen) atoms. The van der Waals surface area contributed by atoms with E-state index in [0.717, 1.165) is 127 Å². The zero-order chi connectivity index (χ0) is 27.6. The molecule has 0 aliphatic heterocycles. The maximum atomic E-state index is 4.99. The van der Waals surface area contributed by atoms with Gasteiger partial charge < -0.3 is 0 Å². The van der Waals surface area contributed by atoms with Crippen molar-refractivity contribution >= 4 is 48.8 Å². The molecule has 0 aromatic rings. The average molecular weight is 641 g/mol. The van der Waals surface area contributed by atoms with E-state index >= 15 is 0 Å². The zero-order valence-corrected chi connectivity index (χ0v) is 29.3. The summed E-state index contributed by atoms with van der Waals surface area (Å²) in [7, 11) is 0. The van der Waals surface area contributed by atoms with Crippen molar-refractivity contribution in [2.45, 2.75) is 116 Å². The first-order valence-corrected chi connectivity index (χ1v) is 22.3. The molecule has 12 aliphatic carbocycles. The molecular weight excluding hydrogens is 585 g/mol. The molecule has 0 heterocycles. The molecule has 0 amide bonds. The van der Waals surface area contributed by atoms with Crippen LogP contribution in [0.3, 0.4) is 0 Å². The second-order valence-electron chi connectivity index (χ2n) is 18.8. The monoisotopic (exact) mass is 640 g/mol. The number of hydrogen-bond donors (Lipinski definition) is 2. The van der Waals surface area contributed by atoms with Gasteiger partial charge in [-0.05, 0) is 196 Å². The molecule has 0 aromatic heterocycles. The smallest absolute Gasteiger partial charge is 0.00808 e. The van der Waals surface area contributed by atoms with Gasteiger partial charge in [0.2, 0.25) is 0 Å². The van der Waals surface area contributed by atoms with Crippen LogP contribution in [0.2, 0.25) is 0 Å². The molecule has 0 saturated heterocycles. The van der Waals surface area contributed by atoms with Crippen LogP contribution in [0, 0.1) is 107 Å². The summed E-state index contributed by atoms with van der Waals surface area (Å²) in [5, 5.41) is 4.68. The van der Waals surface area contributed by atoms with Gasteiger partial charge in [-0.25, -0.2) is 0 Å². The molecule has 0 radical (unpaired) electrons. The fourth-order valence-corrected chi connectivity index (χ4v) is 21.6. The Morgan fingerprint density at radius 1 is 0.452 bits per heavy atom. The van der Waals surface area contributed by atoms with Gasteiger partial charge in [0.15, 0.2) is 0 Å². The minimum Gasteiger partial charge on any atom is -0.176 e. The largest absolute Gasteiger partial charge is 0.176 e. The van der Waals surface area contributed by atoms with Crippen LogP contribution in [0.15, 0.2) is 0 Å². The first-order valence-electron chi connectivity index (χ1n) is 19.1. The minimum absolute atomic E-state index is 0.748. The van der Waals surface area contributed by atoms with E-state index in [1.807, 2.05) is 0 Å². The summed E-state index contributed by atoms with van der Waals surface area (Å²) in [6, 6.07) is 0. The highest BCUT2D eigenvalue weighted by Crippen LogP contribution is 2.75. The van der Waals surface area contributed by atoms with E-state index in [-0.39, 0.29) is 0 Å². The molecule has 12 saturated carbocycles. The summed E-state index contributed by atoms with van der Waals surface area (Å²) in [6.45, 7) is 0. The van der Waals surface area contributed by atoms with Crippen molar-refractivity contribution < 1.29 is 0 Å². The molecule has 0 N–H and O–H groups in total. The fourth-order valence-electron chi connectivity index (χ4n) is 17.5. The van der Waals surface area contributed by atoms with Crippen LogP contribution in [0.25, 0.3) is 0 Å². The highest BCUT2D eigenvalue weighted by Gasteiger charge is 2.69. The highest BCUT2D eigenvalue weighted by atomic mass is 32.2. The van der Waals surface area contributed by atoms with Crippen molar-refractivity contribution in [2.75, 3.05) is 6.26 Å². The maximum Gasteiger partial charge on any atom is 0.00808 e. The number of thiol groups is 2. The van der Waals surface area contributed by atoms with Crippen molar-refractivity contribution in [3.05, 3.63) is 0 Å². The topological polar surface area (TPSA) is 0 Å². The van der Waals surface area contributed by atoms with Crippen LogP contribution in [0.4, 0.5) is 0 Å². The molecule has 23 atom stereocenters. The lowest BCUT2D eigenvalue weighted by molar-refractivity contribution is 0.0741. The normalized spacial score (nSPS) is 67.9. The van der Waals surface area contributed by atoms with Crippen molar-refractivity contribution in [1.82, 2.24) is 0 Å². The number of thioether (sulfide) groups is 2. The summed E-state index contributed by atoms with van der Waals surface area (Å²) in [5.41, 5.74) is 0. The van der Waals surface area contributed by atoms with Gasteiger partial charge in [-0.3, -0.25) is 0 Å². The molecule has 0 spiro atoms. The quantitative estimate of drug-likeness (QED) is 0.233. The molecule has 23 unspecified atom stereocenters. The highest BCUT2D eigenvalue weighted by molar-refractivity contribution is 8.00. The predicted molar refractivity (Wildman–Crippen MR) is 185 cm³/mol. The molecule has 0 aromatic carbocycles. The van der Waals surface area contributed by atoms with E-state index in [1.165, 1.54) is 25.2 Å². The van der Waals surface area contributed by atoms with Crippen molar-refractivity contribution in [2.24, 2.45) is 107 Å². The molecule has 12 aliphatic rings. The Kier molecular flexibility index (Phi) is 6.34. The second-order valence-corrected chi connectivity index (χ2v) is 22.8. The van der Waals surface area contributed by atoms with Crippen molar-refractivity contribution in [1.29, 1.82) is 0 Å². The van der Waals surface area contributed by atoms with Crippen molar-refractivity contribution in [3.8, 4) is 0 Å². The van der Waals surface area contributed by atoms with Gasteiger partial charge in [-0.15, -0.1) is 0 Å². The molecule has 0 nitrogen and oxygen atoms in total. The third-order valence-electron chi connectivity index (χ3n) is 18.0. The second kappa shape index (κ2) is 9.74. The minimum atomic E-state index is 0.748. The molecule has 12 rings (SSSR count). The van der Waals surface area contributed by atoms with Gasteiger partial charge in [0.05, 0.1) is 0 Å². The summed E-state index contributed by atoms with van der Waals surface area (Å²) in [5.74, 6) is 20.3. The third kappa shape index (κ3) is 3.63. The van der Waals surface area contributed by atoms with Crippen LogP contribution in [-0.2, 0) is 0 Å². The summed E-state index contributed by atoms with van der Waals surface area (Å²) < 4.78 is 0. The van der Waals surface area contributed by atoms with Gasteiger partial charge in [-0.1, -0.05) is 6.42 Å². The van der Waals surface area contributed by atoms with E-state index in [0.29, 0.717) is 0 Å². The van der Waals surface area contributed by atoms with Gasteiger partial charge in [-0.2, -0.15) is 48.8 Å². The van der Waals surface area contributed by atoms with Crippen LogP contribution < -0.4 is 0 Å². The number of hydrogen-bond acceptors (Lipinski definition) is 4. The Hall–Kier alpha value is 1.40. The van der Waals surface area contributed by atoms with E-state index in [9.17, 15) is 0 Å². The van der Waals surface area contributed by atoms with Crippen LogP contribution >= 0.6 is 48.8 Å². The Balaban J connectivity index is 0.000000112. The van der Waals surface area contributed by atoms with Crippen LogP contribution in [0.5, 0.6) is 0 Å². The standard InChI is InChI=1S/C22H32S2.C16H24S2/c23-19-6-12-5-18(19)22-17-9-16(21(12)22)14-7-13(8-15(14)17)24-20-4-10-1-2-11(20)3-10;1-18-14-3-7-2-13(14)16-12-6-11(15(7)16)9-4-8(17)5-10(9)12/h10-23H,1-9H2;7-17H,2-6H2,1H3. The summed E-state index contributed by atoms with van der Waals surface area (Å²) in [6.07, 6.45) is 24.3. The van der Waals surface area contributed by atoms with Crippen LogP contribution in [0.1, 0.15) is 89.9 Å².